The molecule has 1 aromatic carbocycles. The summed E-state index contributed by atoms with van der Waals surface area (Å²) in [6, 6.07) is 5.44. The predicted octanol–water partition coefficient (Wildman–Crippen LogP) is 3.48. The van der Waals surface area contributed by atoms with E-state index in [-0.39, 0.29) is 22.1 Å². The van der Waals surface area contributed by atoms with Gasteiger partial charge in [-0.25, -0.2) is 12.8 Å². The molecule has 1 aliphatic carbocycles. The van der Waals surface area contributed by atoms with E-state index in [1.807, 2.05) is 6.07 Å². The number of sulfonamides is 1. The van der Waals surface area contributed by atoms with Crippen molar-refractivity contribution in [3.8, 4) is 6.07 Å². The molecule has 0 radical (unpaired) electrons. The lowest BCUT2D eigenvalue weighted by atomic mass is 10.0. The number of halogens is 1. The Kier molecular flexibility index (Phi) is 4.09. The lowest BCUT2D eigenvalue weighted by Crippen LogP contribution is -2.15. The molecule has 0 unspecified atom stereocenters. The summed E-state index contributed by atoms with van der Waals surface area (Å²) < 4.78 is 41.4. The number of nitrogens with one attached hydrogen (secondary N) is 2. The maximum absolute atomic E-state index is 13.9. The van der Waals surface area contributed by atoms with Gasteiger partial charge in [0.15, 0.2) is 0 Å². The van der Waals surface area contributed by atoms with Gasteiger partial charge in [-0.3, -0.25) is 4.72 Å². The first-order valence-corrected chi connectivity index (χ1v) is 8.89. The number of aromatic amines is 1. The second kappa shape index (κ2) is 6.05. The van der Waals surface area contributed by atoms with E-state index in [0.29, 0.717) is 0 Å². The van der Waals surface area contributed by atoms with E-state index in [1.54, 1.807) is 6.20 Å². The van der Waals surface area contributed by atoms with Crippen LogP contribution >= 0.6 is 0 Å². The van der Waals surface area contributed by atoms with Crippen LogP contribution < -0.4 is 4.72 Å². The Morgan fingerprint density at radius 1 is 1.26 bits per heavy atom. The van der Waals surface area contributed by atoms with Crippen LogP contribution in [0.15, 0.2) is 35.5 Å². The summed E-state index contributed by atoms with van der Waals surface area (Å²) in [5, 5.41) is 8.73. The van der Waals surface area contributed by atoms with Crippen LogP contribution in [0.5, 0.6) is 0 Å². The third-order valence-corrected chi connectivity index (χ3v) is 5.59. The zero-order valence-corrected chi connectivity index (χ0v) is 13.2. The fourth-order valence-electron chi connectivity index (χ4n) is 3.02. The highest BCUT2D eigenvalue weighted by molar-refractivity contribution is 7.92. The first kappa shape index (κ1) is 15.6. The number of H-pyrrole nitrogens is 1. The van der Waals surface area contributed by atoms with Gasteiger partial charge in [0.2, 0.25) is 0 Å². The van der Waals surface area contributed by atoms with Gasteiger partial charge >= 0.3 is 0 Å². The van der Waals surface area contributed by atoms with Crippen LogP contribution in [-0.2, 0) is 10.0 Å². The molecular formula is C16H16FN3O2S. The van der Waals surface area contributed by atoms with Gasteiger partial charge in [0.05, 0.1) is 17.3 Å². The van der Waals surface area contributed by atoms with Crippen molar-refractivity contribution in [2.75, 3.05) is 4.72 Å². The van der Waals surface area contributed by atoms with Gasteiger partial charge in [0, 0.05) is 12.4 Å². The van der Waals surface area contributed by atoms with Crippen molar-refractivity contribution in [1.82, 2.24) is 4.98 Å². The molecule has 1 aromatic heterocycles. The SMILES string of the molecule is N#Cc1ccc(NS(=O)(=O)c2c[nH]cc2C2CCCC2)c(F)c1. The van der Waals surface area contributed by atoms with Gasteiger partial charge in [-0.2, -0.15) is 5.26 Å². The first-order valence-electron chi connectivity index (χ1n) is 7.40. The molecule has 1 heterocycles. The number of nitrogens with zero attached hydrogens (tertiary/aromatic N) is 1. The van der Waals surface area contributed by atoms with Crippen LogP contribution in [0, 0.1) is 17.1 Å². The molecule has 1 saturated carbocycles. The lowest BCUT2D eigenvalue weighted by molar-refractivity contribution is 0.595. The second-order valence-corrected chi connectivity index (χ2v) is 7.32. The maximum atomic E-state index is 13.9. The Hall–Kier alpha value is -2.33. The number of anilines is 1. The molecule has 1 fully saturated rings. The van der Waals surface area contributed by atoms with E-state index in [0.717, 1.165) is 37.3 Å². The molecular weight excluding hydrogens is 317 g/mol. The minimum atomic E-state index is -3.88. The molecule has 5 nitrogen and oxygen atoms in total. The Balaban J connectivity index is 1.91. The summed E-state index contributed by atoms with van der Waals surface area (Å²) in [4.78, 5) is 3.00. The molecule has 0 aliphatic heterocycles. The molecule has 0 amide bonds. The van der Waals surface area contributed by atoms with Gasteiger partial charge in [0.25, 0.3) is 10.0 Å². The molecule has 0 atom stereocenters. The van der Waals surface area contributed by atoms with Crippen LogP contribution in [0.2, 0.25) is 0 Å². The maximum Gasteiger partial charge on any atom is 0.263 e. The minimum absolute atomic E-state index is 0.138. The van der Waals surface area contributed by atoms with Gasteiger partial charge in [0.1, 0.15) is 10.7 Å². The molecule has 2 N–H and O–H groups in total. The van der Waals surface area contributed by atoms with Gasteiger partial charge in [-0.1, -0.05) is 12.8 Å². The second-order valence-electron chi connectivity index (χ2n) is 5.67. The highest BCUT2D eigenvalue weighted by atomic mass is 32.2. The highest BCUT2D eigenvalue weighted by Gasteiger charge is 2.27. The van der Waals surface area contributed by atoms with Crippen molar-refractivity contribution in [1.29, 1.82) is 5.26 Å². The monoisotopic (exact) mass is 333 g/mol. The van der Waals surface area contributed by atoms with E-state index in [2.05, 4.69) is 9.71 Å². The summed E-state index contributed by atoms with van der Waals surface area (Å²) in [6.07, 6.45) is 7.24. The van der Waals surface area contributed by atoms with Crippen LogP contribution in [0.3, 0.4) is 0 Å². The Morgan fingerprint density at radius 3 is 2.65 bits per heavy atom. The number of aromatic nitrogens is 1. The summed E-state index contributed by atoms with van der Waals surface area (Å²) in [5.74, 6) is -0.552. The number of hydrogen-bond donors (Lipinski definition) is 2. The molecule has 7 heteroatoms. The summed E-state index contributed by atoms with van der Waals surface area (Å²) in [6.45, 7) is 0. The molecule has 0 bridgehead atoms. The summed E-state index contributed by atoms with van der Waals surface area (Å²) in [5.41, 5.74) is 0.727. The highest BCUT2D eigenvalue weighted by Crippen LogP contribution is 2.37. The average Bonchev–Trinajstić information content (AvgIpc) is 3.19. The molecule has 1 aliphatic rings. The number of benzene rings is 1. The average molecular weight is 333 g/mol. The molecule has 2 aromatic rings. The molecule has 3 rings (SSSR count). The largest absolute Gasteiger partial charge is 0.366 e. The van der Waals surface area contributed by atoms with Crippen molar-refractivity contribution in [2.45, 2.75) is 36.5 Å². The Labute approximate surface area is 134 Å². The summed E-state index contributed by atoms with van der Waals surface area (Å²) >= 11 is 0. The van der Waals surface area contributed by atoms with E-state index in [1.165, 1.54) is 18.3 Å². The van der Waals surface area contributed by atoms with Crippen molar-refractivity contribution in [3.05, 3.63) is 47.5 Å². The third kappa shape index (κ3) is 3.08. The minimum Gasteiger partial charge on any atom is -0.366 e. The quantitative estimate of drug-likeness (QED) is 0.898. The molecule has 120 valence electrons. The lowest BCUT2D eigenvalue weighted by Gasteiger charge is -2.13. The normalized spacial score (nSPS) is 15.5. The number of nitriles is 1. The topological polar surface area (TPSA) is 85.8 Å². The van der Waals surface area contributed by atoms with Gasteiger partial charge < -0.3 is 4.98 Å². The van der Waals surface area contributed by atoms with Crippen LogP contribution in [-0.4, -0.2) is 13.4 Å². The summed E-state index contributed by atoms with van der Waals surface area (Å²) in [7, 11) is -3.88. The fraction of sp³-hybridized carbons (Fsp3) is 0.312. The Bertz CT molecular complexity index is 862. The van der Waals surface area contributed by atoms with Crippen molar-refractivity contribution in [2.24, 2.45) is 0 Å². The van der Waals surface area contributed by atoms with E-state index >= 15 is 0 Å². The van der Waals surface area contributed by atoms with Crippen LogP contribution in [0.4, 0.5) is 10.1 Å². The van der Waals surface area contributed by atoms with Crippen molar-refractivity contribution < 1.29 is 12.8 Å². The fourth-order valence-corrected chi connectivity index (χ4v) is 4.34. The Morgan fingerprint density at radius 2 is 2.00 bits per heavy atom. The molecule has 0 spiro atoms. The van der Waals surface area contributed by atoms with Gasteiger partial charge in [-0.05, 0) is 42.5 Å². The van der Waals surface area contributed by atoms with Crippen molar-refractivity contribution >= 4 is 15.7 Å². The van der Waals surface area contributed by atoms with E-state index in [9.17, 15) is 12.8 Å². The van der Waals surface area contributed by atoms with Gasteiger partial charge in [-0.15, -0.1) is 0 Å². The zero-order chi connectivity index (χ0) is 16.4. The van der Waals surface area contributed by atoms with E-state index < -0.39 is 15.8 Å². The van der Waals surface area contributed by atoms with E-state index in [4.69, 9.17) is 5.26 Å². The third-order valence-electron chi connectivity index (χ3n) is 4.16. The smallest absolute Gasteiger partial charge is 0.263 e. The number of hydrogen-bond acceptors (Lipinski definition) is 3. The number of rotatable bonds is 4. The van der Waals surface area contributed by atoms with Crippen LogP contribution in [0.25, 0.3) is 0 Å². The zero-order valence-electron chi connectivity index (χ0n) is 12.3. The first-order chi connectivity index (χ1) is 11.0. The standard InChI is InChI=1S/C16H16FN3O2S/c17-14-7-11(8-18)5-6-15(14)20-23(21,22)16-10-19-9-13(16)12-3-1-2-4-12/h5-7,9-10,12,19-20H,1-4H2. The molecule has 0 saturated heterocycles. The van der Waals surface area contributed by atoms with Crippen LogP contribution in [0.1, 0.15) is 42.7 Å². The molecule has 23 heavy (non-hydrogen) atoms. The predicted molar refractivity (Wildman–Crippen MR) is 83.9 cm³/mol. The van der Waals surface area contributed by atoms with Crippen molar-refractivity contribution in [3.63, 3.8) is 0 Å².